The van der Waals surface area contributed by atoms with Gasteiger partial charge in [-0.2, -0.15) is 0 Å². The Kier molecular flexibility index (Phi) is 3.47. The zero-order chi connectivity index (χ0) is 15.1. The summed E-state index contributed by atoms with van der Waals surface area (Å²) in [6.45, 7) is 3.21. The van der Waals surface area contributed by atoms with Crippen LogP contribution in [0.5, 0.6) is 0 Å². The molecule has 0 atom stereocenters. The summed E-state index contributed by atoms with van der Waals surface area (Å²) in [6, 6.07) is 4.31. The second-order valence-corrected chi connectivity index (χ2v) is 5.46. The largest absolute Gasteiger partial charge is 0.389 e. The molecule has 1 saturated heterocycles. The van der Waals surface area contributed by atoms with Crippen LogP contribution in [0.1, 0.15) is 19.4 Å². The van der Waals surface area contributed by atoms with Crippen molar-refractivity contribution in [3.05, 3.63) is 29.6 Å². The summed E-state index contributed by atoms with van der Waals surface area (Å²) in [7, 11) is 0. The van der Waals surface area contributed by atoms with E-state index in [4.69, 9.17) is 18.0 Å². The molecule has 3 N–H and O–H groups in total. The van der Waals surface area contributed by atoms with Crippen molar-refractivity contribution < 1.29 is 14.0 Å². The molecule has 1 aliphatic heterocycles. The Morgan fingerprint density at radius 2 is 2.10 bits per heavy atom. The number of halogens is 1. The number of nitrogens with one attached hydrogen (secondary N) is 1. The van der Waals surface area contributed by atoms with Crippen molar-refractivity contribution in [2.75, 3.05) is 11.4 Å². The highest BCUT2D eigenvalue weighted by molar-refractivity contribution is 7.80. The molecule has 1 aromatic carbocycles. The summed E-state index contributed by atoms with van der Waals surface area (Å²) in [5, 5.41) is 2.26. The fraction of sp³-hybridized carbons (Fsp3) is 0.308. The lowest BCUT2D eigenvalue weighted by Crippen LogP contribution is -2.64. The van der Waals surface area contributed by atoms with Gasteiger partial charge in [0.15, 0.2) is 0 Å². The molecule has 0 spiro atoms. The van der Waals surface area contributed by atoms with Gasteiger partial charge >= 0.3 is 0 Å². The first-order chi connectivity index (χ1) is 9.25. The number of rotatable bonds is 2. The number of carbonyl (C=O) groups excluding carboxylic acids is 2. The van der Waals surface area contributed by atoms with Crippen LogP contribution in [0.25, 0.3) is 0 Å². The predicted molar refractivity (Wildman–Crippen MR) is 76.9 cm³/mol. The molecule has 2 amide bonds. The number of imide groups is 1. The molecule has 7 heteroatoms. The number of carbonyl (C=O) groups is 2. The monoisotopic (exact) mass is 295 g/mol. The minimum Gasteiger partial charge on any atom is -0.389 e. The molecule has 0 aliphatic carbocycles. The molecule has 1 heterocycles. The Morgan fingerprint density at radius 3 is 2.70 bits per heavy atom. The number of amides is 2. The van der Waals surface area contributed by atoms with Crippen molar-refractivity contribution in [2.24, 2.45) is 5.73 Å². The van der Waals surface area contributed by atoms with Crippen molar-refractivity contribution in [1.29, 1.82) is 0 Å². The molecule has 0 aromatic heterocycles. The third kappa shape index (κ3) is 2.24. The number of benzene rings is 1. The molecule has 0 bridgehead atoms. The Hall–Kier alpha value is -2.02. The third-order valence-corrected chi connectivity index (χ3v) is 3.52. The van der Waals surface area contributed by atoms with Gasteiger partial charge in [0.2, 0.25) is 5.91 Å². The highest BCUT2D eigenvalue weighted by atomic mass is 32.1. The molecule has 1 aliphatic rings. The second kappa shape index (κ2) is 4.82. The maximum absolute atomic E-state index is 13.9. The van der Waals surface area contributed by atoms with Gasteiger partial charge in [0, 0.05) is 0 Å². The number of hydrogen-bond donors (Lipinski definition) is 2. The lowest BCUT2D eigenvalue weighted by molar-refractivity contribution is -0.135. The number of hydrogen-bond acceptors (Lipinski definition) is 4. The van der Waals surface area contributed by atoms with E-state index in [0.717, 1.165) is 0 Å². The zero-order valence-corrected chi connectivity index (χ0v) is 11.9. The van der Waals surface area contributed by atoms with Crippen LogP contribution >= 0.6 is 12.2 Å². The van der Waals surface area contributed by atoms with E-state index in [9.17, 15) is 14.0 Å². The molecule has 1 aromatic rings. The molecular formula is C13H14FN3O2S. The van der Waals surface area contributed by atoms with Crippen LogP contribution in [-0.2, 0) is 9.59 Å². The number of nitrogens with zero attached hydrogens (tertiary/aromatic N) is 1. The van der Waals surface area contributed by atoms with Crippen LogP contribution in [0.15, 0.2) is 18.2 Å². The van der Waals surface area contributed by atoms with Gasteiger partial charge in [0.1, 0.15) is 16.3 Å². The lowest BCUT2D eigenvalue weighted by Gasteiger charge is -2.42. The highest BCUT2D eigenvalue weighted by Gasteiger charge is 2.42. The fourth-order valence-electron chi connectivity index (χ4n) is 2.15. The second-order valence-electron chi connectivity index (χ2n) is 5.02. The molecule has 5 nitrogen and oxygen atoms in total. The number of piperazine rings is 1. The smallest absolute Gasteiger partial charge is 0.251 e. The van der Waals surface area contributed by atoms with Crippen molar-refractivity contribution in [2.45, 2.75) is 19.4 Å². The van der Waals surface area contributed by atoms with E-state index in [1.165, 1.54) is 17.0 Å². The molecule has 2 rings (SSSR count). The van der Waals surface area contributed by atoms with Crippen molar-refractivity contribution in [3.8, 4) is 0 Å². The van der Waals surface area contributed by atoms with E-state index >= 15 is 0 Å². The van der Waals surface area contributed by atoms with Gasteiger partial charge in [-0.3, -0.25) is 14.9 Å². The van der Waals surface area contributed by atoms with E-state index in [-0.39, 0.29) is 17.1 Å². The van der Waals surface area contributed by atoms with Crippen molar-refractivity contribution >= 4 is 34.7 Å². The summed E-state index contributed by atoms with van der Waals surface area (Å²) in [5.41, 5.74) is 4.93. The average Bonchev–Trinajstić information content (AvgIpc) is 2.33. The summed E-state index contributed by atoms with van der Waals surface area (Å²) >= 11 is 4.87. The van der Waals surface area contributed by atoms with Gasteiger partial charge < -0.3 is 10.6 Å². The number of anilines is 1. The van der Waals surface area contributed by atoms with Crippen LogP contribution in [0.4, 0.5) is 10.1 Å². The van der Waals surface area contributed by atoms with Crippen LogP contribution in [0.2, 0.25) is 0 Å². The Balaban J connectivity index is 2.60. The first kappa shape index (κ1) is 14.4. The first-order valence-corrected chi connectivity index (χ1v) is 6.36. The minimum atomic E-state index is -1.01. The molecular weight excluding hydrogens is 281 g/mol. The quantitative estimate of drug-likeness (QED) is 0.620. The summed E-state index contributed by atoms with van der Waals surface area (Å²) < 4.78 is 13.9. The van der Waals surface area contributed by atoms with Crippen LogP contribution in [-0.4, -0.2) is 28.9 Å². The van der Waals surface area contributed by atoms with Gasteiger partial charge in [-0.25, -0.2) is 4.39 Å². The van der Waals surface area contributed by atoms with Gasteiger partial charge in [0.25, 0.3) is 5.91 Å². The third-order valence-electron chi connectivity index (χ3n) is 3.31. The molecule has 0 unspecified atom stereocenters. The summed E-state index contributed by atoms with van der Waals surface area (Å²) in [5.74, 6) is -1.48. The average molecular weight is 295 g/mol. The molecule has 0 saturated carbocycles. The van der Waals surface area contributed by atoms with Gasteiger partial charge in [0.05, 0.1) is 17.8 Å². The normalized spacial score (nSPS) is 17.9. The van der Waals surface area contributed by atoms with E-state index in [1.54, 1.807) is 19.9 Å². The van der Waals surface area contributed by atoms with Crippen molar-refractivity contribution in [3.63, 3.8) is 0 Å². The molecule has 1 fully saturated rings. The standard InChI is InChI=1S/C13H14FN3O2S/c1-13(2)12(19)16-9(18)6-17(13)8-5-3-4-7(14)10(8)11(15)20/h3-5H,6H2,1-2H3,(H2,15,20)(H,16,18,19). The fourth-order valence-corrected chi connectivity index (χ4v) is 2.35. The minimum absolute atomic E-state index is 0.0399. The maximum atomic E-state index is 13.9. The Bertz CT molecular complexity index is 616. The first-order valence-electron chi connectivity index (χ1n) is 5.95. The summed E-state index contributed by atoms with van der Waals surface area (Å²) in [4.78, 5) is 24.9. The van der Waals surface area contributed by atoms with Gasteiger partial charge in [-0.1, -0.05) is 18.3 Å². The number of thiocarbonyl (C=S) groups is 1. The summed E-state index contributed by atoms with van der Waals surface area (Å²) in [6.07, 6.45) is 0. The molecule has 0 radical (unpaired) electrons. The van der Waals surface area contributed by atoms with E-state index in [2.05, 4.69) is 5.32 Å². The predicted octanol–water partition coefficient (Wildman–Crippen LogP) is 0.701. The van der Waals surface area contributed by atoms with E-state index in [0.29, 0.717) is 5.69 Å². The topological polar surface area (TPSA) is 75.4 Å². The van der Waals surface area contributed by atoms with Crippen LogP contribution in [0.3, 0.4) is 0 Å². The number of nitrogens with two attached hydrogens (primary N) is 1. The maximum Gasteiger partial charge on any atom is 0.251 e. The Labute approximate surface area is 120 Å². The van der Waals surface area contributed by atoms with Crippen molar-refractivity contribution in [1.82, 2.24) is 5.32 Å². The highest BCUT2D eigenvalue weighted by Crippen LogP contribution is 2.30. The molecule has 106 valence electrons. The molecule has 20 heavy (non-hydrogen) atoms. The van der Waals surface area contributed by atoms with Gasteiger partial charge in [-0.05, 0) is 26.0 Å². The Morgan fingerprint density at radius 1 is 1.45 bits per heavy atom. The van der Waals surface area contributed by atoms with Crippen LogP contribution in [0, 0.1) is 5.82 Å². The SMILES string of the molecule is CC1(C)C(=O)NC(=O)CN1c1cccc(F)c1C(N)=S. The van der Waals surface area contributed by atoms with Gasteiger partial charge in [-0.15, -0.1) is 0 Å². The van der Waals surface area contributed by atoms with Crippen LogP contribution < -0.4 is 16.0 Å². The van der Waals surface area contributed by atoms with E-state index < -0.39 is 23.2 Å². The van der Waals surface area contributed by atoms with E-state index in [1.807, 2.05) is 0 Å². The zero-order valence-electron chi connectivity index (χ0n) is 11.1. The lowest BCUT2D eigenvalue weighted by atomic mass is 9.96.